The van der Waals surface area contributed by atoms with Crippen LogP contribution in [0.15, 0.2) is 54.6 Å². The predicted octanol–water partition coefficient (Wildman–Crippen LogP) is 3.40. The van der Waals surface area contributed by atoms with E-state index in [1.54, 1.807) is 0 Å². The Balaban J connectivity index is 1.36. The Morgan fingerprint density at radius 3 is 2.27 bits per heavy atom. The average molecular weight is 351 g/mol. The van der Waals surface area contributed by atoms with Crippen LogP contribution in [0.2, 0.25) is 0 Å². The van der Waals surface area contributed by atoms with Crippen LogP contribution in [0.4, 0.5) is 5.69 Å². The zero-order valence-electron chi connectivity index (χ0n) is 15.7. The molecule has 1 fully saturated rings. The fraction of sp³-hybridized carbons (Fsp3) is 0.409. The number of hydrogen-bond donors (Lipinski definition) is 1. The van der Waals surface area contributed by atoms with E-state index in [2.05, 4.69) is 65.7 Å². The third-order valence-electron chi connectivity index (χ3n) is 5.00. The summed E-state index contributed by atoms with van der Waals surface area (Å²) in [6.07, 6.45) is 1.60. The van der Waals surface area contributed by atoms with Crippen molar-refractivity contribution in [2.24, 2.45) is 0 Å². The first-order valence-corrected chi connectivity index (χ1v) is 9.61. The van der Waals surface area contributed by atoms with E-state index in [4.69, 9.17) is 0 Å². The van der Waals surface area contributed by atoms with Gasteiger partial charge in [0.25, 0.3) is 0 Å². The summed E-state index contributed by atoms with van der Waals surface area (Å²) in [4.78, 5) is 16.8. The lowest BCUT2D eigenvalue weighted by Gasteiger charge is -2.34. The highest BCUT2D eigenvalue weighted by Gasteiger charge is 2.20. The van der Waals surface area contributed by atoms with Gasteiger partial charge in [0.1, 0.15) is 0 Å². The molecule has 4 nitrogen and oxygen atoms in total. The first-order chi connectivity index (χ1) is 12.7. The zero-order valence-corrected chi connectivity index (χ0v) is 15.7. The molecule has 3 rings (SSSR count). The third kappa shape index (κ3) is 5.33. The maximum Gasteiger partial charge on any atom is 0.224 e. The van der Waals surface area contributed by atoms with E-state index in [1.165, 1.54) is 11.1 Å². The van der Waals surface area contributed by atoms with Gasteiger partial charge < -0.3 is 10.2 Å². The standard InChI is InChI=1S/C22H29N3O/c1-2-19-8-10-21(11-9-19)23-13-12-22(26)25-16-14-24(15-17-25)18-20-6-4-3-5-7-20/h3-11,23H,2,12-18H2,1H3. The van der Waals surface area contributed by atoms with Crippen LogP contribution in [0.5, 0.6) is 0 Å². The smallest absolute Gasteiger partial charge is 0.224 e. The Hall–Kier alpha value is -2.33. The van der Waals surface area contributed by atoms with E-state index < -0.39 is 0 Å². The van der Waals surface area contributed by atoms with Crippen LogP contribution in [0.3, 0.4) is 0 Å². The summed E-state index contributed by atoms with van der Waals surface area (Å²) in [6.45, 7) is 7.38. The number of piperazine rings is 1. The van der Waals surface area contributed by atoms with Crippen LogP contribution < -0.4 is 5.32 Å². The Morgan fingerprint density at radius 1 is 0.923 bits per heavy atom. The highest BCUT2D eigenvalue weighted by Crippen LogP contribution is 2.11. The molecule has 26 heavy (non-hydrogen) atoms. The molecule has 2 aromatic rings. The van der Waals surface area contributed by atoms with E-state index in [-0.39, 0.29) is 5.91 Å². The van der Waals surface area contributed by atoms with Crippen molar-refractivity contribution in [1.29, 1.82) is 0 Å². The predicted molar refractivity (Wildman–Crippen MR) is 107 cm³/mol. The largest absolute Gasteiger partial charge is 0.385 e. The molecule has 1 aliphatic heterocycles. The number of amides is 1. The van der Waals surface area contributed by atoms with Gasteiger partial charge in [-0.15, -0.1) is 0 Å². The summed E-state index contributed by atoms with van der Waals surface area (Å²) in [5.74, 6) is 0.252. The highest BCUT2D eigenvalue weighted by atomic mass is 16.2. The summed E-state index contributed by atoms with van der Waals surface area (Å²) in [5.41, 5.74) is 3.76. The summed E-state index contributed by atoms with van der Waals surface area (Å²) >= 11 is 0. The molecule has 1 N–H and O–H groups in total. The summed E-state index contributed by atoms with van der Waals surface area (Å²) in [7, 11) is 0. The number of aryl methyl sites for hydroxylation is 1. The Labute approximate surface area is 156 Å². The van der Waals surface area contributed by atoms with Crippen LogP contribution in [0, 0.1) is 0 Å². The third-order valence-corrected chi connectivity index (χ3v) is 5.00. The molecule has 1 amide bonds. The van der Waals surface area contributed by atoms with Crippen LogP contribution in [-0.4, -0.2) is 48.4 Å². The highest BCUT2D eigenvalue weighted by molar-refractivity contribution is 5.76. The van der Waals surface area contributed by atoms with Crippen LogP contribution >= 0.6 is 0 Å². The van der Waals surface area contributed by atoms with Crippen molar-refractivity contribution >= 4 is 11.6 Å². The maximum atomic E-state index is 12.4. The topological polar surface area (TPSA) is 35.6 Å². The molecule has 0 atom stereocenters. The lowest BCUT2D eigenvalue weighted by molar-refractivity contribution is -0.132. The number of benzene rings is 2. The minimum Gasteiger partial charge on any atom is -0.385 e. The molecule has 1 heterocycles. The van der Waals surface area contributed by atoms with Gasteiger partial charge in [-0.2, -0.15) is 0 Å². The van der Waals surface area contributed by atoms with E-state index in [0.29, 0.717) is 13.0 Å². The van der Waals surface area contributed by atoms with Crippen molar-refractivity contribution in [3.8, 4) is 0 Å². The summed E-state index contributed by atoms with van der Waals surface area (Å²) in [6, 6.07) is 19.0. The molecular formula is C22H29N3O. The van der Waals surface area contributed by atoms with Crippen molar-refractivity contribution in [3.05, 3.63) is 65.7 Å². The second kappa shape index (κ2) is 9.39. The van der Waals surface area contributed by atoms with E-state index in [0.717, 1.165) is 44.8 Å². The number of anilines is 1. The second-order valence-electron chi connectivity index (χ2n) is 6.87. The minimum absolute atomic E-state index is 0.252. The first-order valence-electron chi connectivity index (χ1n) is 9.61. The van der Waals surface area contributed by atoms with Gasteiger partial charge in [-0.05, 0) is 29.7 Å². The lowest BCUT2D eigenvalue weighted by atomic mass is 10.1. The van der Waals surface area contributed by atoms with Crippen LogP contribution in [-0.2, 0) is 17.8 Å². The molecule has 4 heteroatoms. The van der Waals surface area contributed by atoms with Crippen molar-refractivity contribution in [1.82, 2.24) is 9.80 Å². The lowest BCUT2D eigenvalue weighted by Crippen LogP contribution is -2.48. The molecule has 0 spiro atoms. The monoisotopic (exact) mass is 351 g/mol. The average Bonchev–Trinajstić information content (AvgIpc) is 2.70. The van der Waals surface area contributed by atoms with E-state index in [9.17, 15) is 4.79 Å². The van der Waals surface area contributed by atoms with Gasteiger partial charge in [-0.1, -0.05) is 49.4 Å². The fourth-order valence-corrected chi connectivity index (χ4v) is 3.33. The molecule has 0 bridgehead atoms. The number of carbonyl (C=O) groups excluding carboxylic acids is 1. The number of nitrogens with zero attached hydrogens (tertiary/aromatic N) is 2. The van der Waals surface area contributed by atoms with Gasteiger partial charge in [0.15, 0.2) is 0 Å². The molecule has 2 aromatic carbocycles. The normalized spacial score (nSPS) is 15.0. The van der Waals surface area contributed by atoms with Crippen molar-refractivity contribution in [2.45, 2.75) is 26.3 Å². The molecule has 0 aromatic heterocycles. The van der Waals surface area contributed by atoms with Gasteiger partial charge in [0, 0.05) is 51.4 Å². The Morgan fingerprint density at radius 2 is 1.62 bits per heavy atom. The van der Waals surface area contributed by atoms with E-state index >= 15 is 0 Å². The SMILES string of the molecule is CCc1ccc(NCCC(=O)N2CCN(Cc3ccccc3)CC2)cc1. The Kier molecular flexibility index (Phi) is 6.67. The summed E-state index contributed by atoms with van der Waals surface area (Å²) in [5, 5.41) is 3.35. The van der Waals surface area contributed by atoms with Crippen LogP contribution in [0.1, 0.15) is 24.5 Å². The molecule has 0 unspecified atom stereocenters. The molecule has 0 aliphatic carbocycles. The Bertz CT molecular complexity index is 676. The van der Waals surface area contributed by atoms with Crippen molar-refractivity contribution in [3.63, 3.8) is 0 Å². The molecule has 0 radical (unpaired) electrons. The van der Waals surface area contributed by atoms with Crippen molar-refractivity contribution in [2.75, 3.05) is 38.0 Å². The van der Waals surface area contributed by atoms with Gasteiger partial charge >= 0.3 is 0 Å². The maximum absolute atomic E-state index is 12.4. The molecule has 1 aliphatic rings. The first kappa shape index (κ1) is 18.5. The number of rotatable bonds is 7. The second-order valence-corrected chi connectivity index (χ2v) is 6.87. The molecule has 138 valence electrons. The molecule has 0 saturated carbocycles. The minimum atomic E-state index is 0.252. The van der Waals surface area contributed by atoms with Crippen LogP contribution in [0.25, 0.3) is 0 Å². The number of carbonyl (C=O) groups is 1. The fourth-order valence-electron chi connectivity index (χ4n) is 3.33. The van der Waals surface area contributed by atoms with Gasteiger partial charge in [-0.3, -0.25) is 9.69 Å². The number of hydrogen-bond acceptors (Lipinski definition) is 3. The zero-order chi connectivity index (χ0) is 18.2. The van der Waals surface area contributed by atoms with Gasteiger partial charge in [-0.25, -0.2) is 0 Å². The number of nitrogens with one attached hydrogen (secondary N) is 1. The van der Waals surface area contributed by atoms with Gasteiger partial charge in [0.2, 0.25) is 5.91 Å². The molecular weight excluding hydrogens is 322 g/mol. The van der Waals surface area contributed by atoms with Crippen molar-refractivity contribution < 1.29 is 4.79 Å². The summed E-state index contributed by atoms with van der Waals surface area (Å²) < 4.78 is 0. The molecule has 1 saturated heterocycles. The quantitative estimate of drug-likeness (QED) is 0.830. The van der Waals surface area contributed by atoms with E-state index in [1.807, 2.05) is 11.0 Å². The van der Waals surface area contributed by atoms with Gasteiger partial charge in [0.05, 0.1) is 0 Å².